The Hall–Kier alpha value is -0.330. The van der Waals surface area contributed by atoms with E-state index in [9.17, 15) is 13.2 Å². The van der Waals surface area contributed by atoms with Gasteiger partial charge >= 0.3 is 6.18 Å². The number of nitrogens with one attached hydrogen (secondary N) is 1. The van der Waals surface area contributed by atoms with Gasteiger partial charge in [0.05, 0.1) is 12.7 Å². The van der Waals surface area contributed by atoms with Gasteiger partial charge in [-0.05, 0) is 25.2 Å². The molecule has 2 fully saturated rings. The molecule has 0 aromatic carbocycles. The minimum atomic E-state index is -4.23. The Bertz CT molecular complexity index is 243. The smallest absolute Gasteiger partial charge is 0.376 e. The van der Waals surface area contributed by atoms with Crippen molar-refractivity contribution in [1.29, 1.82) is 0 Å². The van der Waals surface area contributed by atoms with Gasteiger partial charge in [0.15, 0.2) is 0 Å². The van der Waals surface area contributed by atoms with E-state index in [0.717, 1.165) is 13.0 Å². The first-order valence-electron chi connectivity index (χ1n) is 6.06. The molecule has 3 nitrogen and oxygen atoms in total. The summed E-state index contributed by atoms with van der Waals surface area (Å²) in [6, 6.07) is 0.289. The van der Waals surface area contributed by atoms with E-state index in [1.165, 1.54) is 12.8 Å². The average molecular weight is 253 g/mol. The molecule has 0 aromatic heterocycles. The summed E-state index contributed by atoms with van der Waals surface area (Å²) in [5.41, 5.74) is 0. The highest BCUT2D eigenvalue weighted by molar-refractivity contribution is 4.93. The molecule has 1 heterocycles. The molecule has 100 valence electrons. The summed E-state index contributed by atoms with van der Waals surface area (Å²) < 4.78 is 45.5. The van der Waals surface area contributed by atoms with Crippen LogP contribution in [-0.2, 0) is 9.47 Å². The van der Waals surface area contributed by atoms with Gasteiger partial charge in [-0.25, -0.2) is 0 Å². The van der Waals surface area contributed by atoms with E-state index in [2.05, 4.69) is 10.1 Å². The summed E-state index contributed by atoms with van der Waals surface area (Å²) in [5, 5.41) is 3.22. The lowest BCUT2D eigenvalue weighted by atomic mass is 10.1. The van der Waals surface area contributed by atoms with E-state index in [4.69, 9.17) is 4.74 Å². The minimum Gasteiger partial charge on any atom is -0.376 e. The standard InChI is InChI=1S/C11H18F3NO2/c12-11(13,14)7-16-6-4-15-9-3-5-17-10(9)8-1-2-8/h8-10,15H,1-7H2. The molecule has 1 aliphatic heterocycles. The van der Waals surface area contributed by atoms with E-state index in [1.54, 1.807) is 0 Å². The number of ether oxygens (including phenoxy) is 2. The van der Waals surface area contributed by atoms with Crippen LogP contribution in [0.3, 0.4) is 0 Å². The zero-order valence-corrected chi connectivity index (χ0v) is 9.63. The number of hydrogen-bond donors (Lipinski definition) is 1. The molecule has 1 saturated heterocycles. The SMILES string of the molecule is FC(F)(F)COCCNC1CCOC1C1CC1. The van der Waals surface area contributed by atoms with Crippen molar-refractivity contribution in [2.24, 2.45) is 5.92 Å². The molecule has 0 aromatic rings. The fourth-order valence-electron chi connectivity index (χ4n) is 2.22. The quantitative estimate of drug-likeness (QED) is 0.731. The predicted octanol–water partition coefficient (Wildman–Crippen LogP) is 1.72. The highest BCUT2D eigenvalue weighted by Crippen LogP contribution is 2.38. The second-order valence-electron chi connectivity index (χ2n) is 4.69. The fourth-order valence-corrected chi connectivity index (χ4v) is 2.22. The van der Waals surface area contributed by atoms with Crippen LogP contribution >= 0.6 is 0 Å². The van der Waals surface area contributed by atoms with Gasteiger partial charge in [0.25, 0.3) is 0 Å². The molecule has 17 heavy (non-hydrogen) atoms. The van der Waals surface area contributed by atoms with Crippen molar-refractivity contribution >= 4 is 0 Å². The number of alkyl halides is 3. The van der Waals surface area contributed by atoms with Crippen molar-refractivity contribution in [3.63, 3.8) is 0 Å². The second kappa shape index (κ2) is 5.54. The number of rotatable bonds is 6. The molecule has 0 amide bonds. The highest BCUT2D eigenvalue weighted by atomic mass is 19.4. The van der Waals surface area contributed by atoms with Gasteiger partial charge in [-0.3, -0.25) is 0 Å². The molecule has 1 aliphatic carbocycles. The van der Waals surface area contributed by atoms with Crippen molar-refractivity contribution in [2.75, 3.05) is 26.4 Å². The molecule has 6 heteroatoms. The van der Waals surface area contributed by atoms with Crippen molar-refractivity contribution in [1.82, 2.24) is 5.32 Å². The third-order valence-corrected chi connectivity index (χ3v) is 3.14. The minimum absolute atomic E-state index is 0.0907. The van der Waals surface area contributed by atoms with Gasteiger partial charge in [0.2, 0.25) is 0 Å². The van der Waals surface area contributed by atoms with Crippen LogP contribution in [0.1, 0.15) is 19.3 Å². The second-order valence-corrected chi connectivity index (χ2v) is 4.69. The maximum Gasteiger partial charge on any atom is 0.411 e. The van der Waals surface area contributed by atoms with Crippen LogP contribution in [0.2, 0.25) is 0 Å². The molecule has 0 spiro atoms. The Morgan fingerprint density at radius 3 is 2.65 bits per heavy atom. The van der Waals surface area contributed by atoms with Crippen molar-refractivity contribution in [3.05, 3.63) is 0 Å². The molecule has 2 unspecified atom stereocenters. The fraction of sp³-hybridized carbons (Fsp3) is 1.00. The zero-order chi connectivity index (χ0) is 12.3. The molecule has 0 bridgehead atoms. The van der Waals surface area contributed by atoms with Crippen molar-refractivity contribution in [2.45, 2.75) is 37.6 Å². The van der Waals surface area contributed by atoms with Gasteiger partial charge in [0.1, 0.15) is 6.61 Å². The monoisotopic (exact) mass is 253 g/mol. The normalized spacial score (nSPS) is 29.8. The summed E-state index contributed by atoms with van der Waals surface area (Å²) in [6.45, 7) is 0.130. The van der Waals surface area contributed by atoms with E-state index in [1.807, 2.05) is 0 Å². The van der Waals surface area contributed by atoms with Gasteiger partial charge < -0.3 is 14.8 Å². The largest absolute Gasteiger partial charge is 0.411 e. The van der Waals surface area contributed by atoms with Crippen LogP contribution in [-0.4, -0.2) is 44.7 Å². The first-order chi connectivity index (χ1) is 8.06. The molecule has 1 saturated carbocycles. The number of hydrogen-bond acceptors (Lipinski definition) is 3. The molecular formula is C11H18F3NO2. The van der Waals surface area contributed by atoms with Gasteiger partial charge in [-0.1, -0.05) is 0 Å². The van der Waals surface area contributed by atoms with E-state index in [0.29, 0.717) is 12.5 Å². The third-order valence-electron chi connectivity index (χ3n) is 3.14. The van der Waals surface area contributed by atoms with E-state index in [-0.39, 0.29) is 18.8 Å². The summed E-state index contributed by atoms with van der Waals surface area (Å²) in [7, 11) is 0. The summed E-state index contributed by atoms with van der Waals surface area (Å²) in [5.74, 6) is 0.658. The van der Waals surface area contributed by atoms with E-state index < -0.39 is 12.8 Å². The molecular weight excluding hydrogens is 235 g/mol. The van der Waals surface area contributed by atoms with Gasteiger partial charge in [-0.2, -0.15) is 13.2 Å². The van der Waals surface area contributed by atoms with Crippen LogP contribution in [0.4, 0.5) is 13.2 Å². The Labute approximate surface area is 98.7 Å². The Kier molecular flexibility index (Phi) is 4.27. The average Bonchev–Trinajstić information content (AvgIpc) is 2.97. The van der Waals surface area contributed by atoms with Gasteiger partial charge in [-0.15, -0.1) is 0 Å². The maximum absolute atomic E-state index is 11.8. The van der Waals surface area contributed by atoms with Crippen LogP contribution in [0.15, 0.2) is 0 Å². The molecule has 2 aliphatic rings. The van der Waals surface area contributed by atoms with Gasteiger partial charge in [0, 0.05) is 19.2 Å². The first kappa shape index (κ1) is 13.1. The predicted molar refractivity (Wildman–Crippen MR) is 55.7 cm³/mol. The molecule has 0 radical (unpaired) electrons. The zero-order valence-electron chi connectivity index (χ0n) is 9.63. The van der Waals surface area contributed by atoms with Crippen molar-refractivity contribution in [3.8, 4) is 0 Å². The Morgan fingerprint density at radius 2 is 2.00 bits per heavy atom. The molecule has 2 rings (SSSR count). The third kappa shape index (κ3) is 4.44. The van der Waals surface area contributed by atoms with E-state index >= 15 is 0 Å². The lowest BCUT2D eigenvalue weighted by molar-refractivity contribution is -0.173. The highest BCUT2D eigenvalue weighted by Gasteiger charge is 2.40. The Morgan fingerprint density at radius 1 is 1.24 bits per heavy atom. The molecule has 2 atom stereocenters. The Balaban J connectivity index is 1.55. The summed E-state index contributed by atoms with van der Waals surface area (Å²) in [4.78, 5) is 0. The van der Waals surface area contributed by atoms with Crippen LogP contribution in [0.25, 0.3) is 0 Å². The lowest BCUT2D eigenvalue weighted by Crippen LogP contribution is -2.39. The first-order valence-corrected chi connectivity index (χ1v) is 6.06. The van der Waals surface area contributed by atoms with Crippen LogP contribution in [0.5, 0.6) is 0 Å². The summed E-state index contributed by atoms with van der Waals surface area (Å²) in [6.07, 6.45) is -0.591. The lowest BCUT2D eigenvalue weighted by Gasteiger charge is -2.19. The van der Waals surface area contributed by atoms with Crippen LogP contribution < -0.4 is 5.32 Å². The summed E-state index contributed by atoms with van der Waals surface area (Å²) >= 11 is 0. The number of halogens is 3. The van der Waals surface area contributed by atoms with Crippen LogP contribution in [0, 0.1) is 5.92 Å². The molecule has 1 N–H and O–H groups in total. The van der Waals surface area contributed by atoms with Crippen molar-refractivity contribution < 1.29 is 22.6 Å². The topological polar surface area (TPSA) is 30.5 Å². The maximum atomic E-state index is 11.8.